The SMILES string of the molecule is CN(Cc1ccon1)C(=O)[C@H]1[C@H]2C[C@H](CN(c3ncc(F)cn3)C2)[C@@H]2CCCC(=O)N21. The number of hydrogen-bond donors (Lipinski definition) is 0. The van der Waals surface area contributed by atoms with Crippen molar-refractivity contribution in [3.63, 3.8) is 0 Å². The highest BCUT2D eigenvalue weighted by Gasteiger charge is 2.52. The summed E-state index contributed by atoms with van der Waals surface area (Å²) < 4.78 is 18.2. The van der Waals surface area contributed by atoms with Gasteiger partial charge >= 0.3 is 0 Å². The summed E-state index contributed by atoms with van der Waals surface area (Å²) in [5.41, 5.74) is 0.663. The third-order valence-electron chi connectivity index (χ3n) is 6.75. The lowest BCUT2D eigenvalue weighted by atomic mass is 9.71. The highest BCUT2D eigenvalue weighted by molar-refractivity contribution is 5.89. The van der Waals surface area contributed by atoms with E-state index in [0.29, 0.717) is 37.7 Å². The number of aromatic nitrogens is 3. The van der Waals surface area contributed by atoms with Gasteiger partial charge in [-0.25, -0.2) is 14.4 Å². The van der Waals surface area contributed by atoms with Crippen LogP contribution in [0.4, 0.5) is 10.3 Å². The fraction of sp³-hybridized carbons (Fsp3) is 0.571. The van der Waals surface area contributed by atoms with Gasteiger partial charge in [-0.15, -0.1) is 0 Å². The number of fused-ring (bicyclic) bond motifs is 4. The number of amides is 2. The van der Waals surface area contributed by atoms with Crippen LogP contribution in [0.1, 0.15) is 31.4 Å². The Morgan fingerprint density at radius 3 is 2.81 bits per heavy atom. The molecule has 3 saturated heterocycles. The number of anilines is 1. The largest absolute Gasteiger partial charge is 0.364 e. The molecule has 3 aliphatic rings. The molecule has 5 rings (SSSR count). The molecule has 0 spiro atoms. The molecule has 164 valence electrons. The molecule has 3 fully saturated rings. The maximum Gasteiger partial charge on any atom is 0.245 e. The van der Waals surface area contributed by atoms with Gasteiger partial charge in [0.25, 0.3) is 0 Å². The predicted molar refractivity (Wildman–Crippen MR) is 107 cm³/mol. The Hall–Kier alpha value is -3.04. The van der Waals surface area contributed by atoms with Crippen molar-refractivity contribution in [2.75, 3.05) is 25.0 Å². The summed E-state index contributed by atoms with van der Waals surface area (Å²) in [6.45, 7) is 1.57. The molecule has 0 radical (unpaired) electrons. The maximum atomic E-state index is 13.6. The Kier molecular flexibility index (Phi) is 5.07. The van der Waals surface area contributed by atoms with Gasteiger partial charge in [0.1, 0.15) is 18.0 Å². The van der Waals surface area contributed by atoms with Crippen LogP contribution in [0.15, 0.2) is 29.2 Å². The summed E-state index contributed by atoms with van der Waals surface area (Å²) in [5, 5.41) is 3.90. The minimum absolute atomic E-state index is 0.0233. The van der Waals surface area contributed by atoms with Crippen molar-refractivity contribution in [1.29, 1.82) is 0 Å². The monoisotopic (exact) mass is 428 g/mol. The normalized spacial score (nSPS) is 27.7. The number of halogens is 1. The van der Waals surface area contributed by atoms with Gasteiger partial charge in [-0.05, 0) is 25.2 Å². The molecule has 0 aliphatic carbocycles. The Morgan fingerprint density at radius 1 is 1.29 bits per heavy atom. The van der Waals surface area contributed by atoms with Gasteiger partial charge in [-0.3, -0.25) is 9.59 Å². The summed E-state index contributed by atoms with van der Waals surface area (Å²) in [6.07, 6.45) is 6.89. The van der Waals surface area contributed by atoms with Crippen LogP contribution in [-0.4, -0.2) is 69.0 Å². The predicted octanol–water partition coefficient (Wildman–Crippen LogP) is 1.47. The van der Waals surface area contributed by atoms with Crippen LogP contribution < -0.4 is 4.90 Å². The van der Waals surface area contributed by atoms with Gasteiger partial charge < -0.3 is 19.2 Å². The van der Waals surface area contributed by atoms with E-state index in [9.17, 15) is 14.0 Å². The van der Waals surface area contributed by atoms with Crippen molar-refractivity contribution in [2.45, 2.75) is 44.3 Å². The Bertz CT molecular complexity index is 953. The van der Waals surface area contributed by atoms with E-state index in [0.717, 1.165) is 31.7 Å². The van der Waals surface area contributed by atoms with E-state index >= 15 is 0 Å². The van der Waals surface area contributed by atoms with E-state index in [1.807, 2.05) is 9.80 Å². The summed E-state index contributed by atoms with van der Waals surface area (Å²) >= 11 is 0. The van der Waals surface area contributed by atoms with Crippen molar-refractivity contribution in [3.05, 3.63) is 36.2 Å². The van der Waals surface area contributed by atoms with Gasteiger partial charge in [-0.1, -0.05) is 5.16 Å². The van der Waals surface area contributed by atoms with E-state index < -0.39 is 11.9 Å². The smallest absolute Gasteiger partial charge is 0.245 e. The van der Waals surface area contributed by atoms with Crippen LogP contribution in [-0.2, 0) is 16.1 Å². The van der Waals surface area contributed by atoms with Crippen molar-refractivity contribution < 1.29 is 18.5 Å². The lowest BCUT2D eigenvalue weighted by Gasteiger charge is -2.56. The quantitative estimate of drug-likeness (QED) is 0.728. The summed E-state index contributed by atoms with van der Waals surface area (Å²) in [6, 6.07) is 1.22. The first-order valence-corrected chi connectivity index (χ1v) is 10.7. The second-order valence-electron chi connectivity index (χ2n) is 8.75. The number of carbonyl (C=O) groups is 2. The van der Waals surface area contributed by atoms with Gasteiger partial charge in [0, 0.05) is 44.6 Å². The number of carbonyl (C=O) groups excluding carboxylic acids is 2. The summed E-state index contributed by atoms with van der Waals surface area (Å²) in [7, 11) is 1.73. The molecule has 0 aromatic carbocycles. The molecule has 5 heterocycles. The molecule has 3 aliphatic heterocycles. The molecule has 4 atom stereocenters. The zero-order chi connectivity index (χ0) is 21.5. The number of hydrogen-bond acceptors (Lipinski definition) is 7. The molecule has 2 amide bonds. The molecule has 2 aromatic rings. The van der Waals surface area contributed by atoms with Crippen molar-refractivity contribution >= 4 is 17.8 Å². The molecule has 0 saturated carbocycles. The van der Waals surface area contributed by atoms with Gasteiger partial charge in [-0.2, -0.15) is 0 Å². The molecule has 0 unspecified atom stereocenters. The summed E-state index contributed by atoms with van der Waals surface area (Å²) in [4.78, 5) is 40.4. The van der Waals surface area contributed by atoms with Crippen LogP contribution in [0.25, 0.3) is 0 Å². The third-order valence-corrected chi connectivity index (χ3v) is 6.75. The van der Waals surface area contributed by atoms with E-state index in [-0.39, 0.29) is 29.7 Å². The van der Waals surface area contributed by atoms with Gasteiger partial charge in [0.05, 0.1) is 18.9 Å². The molecule has 9 nitrogen and oxygen atoms in total. The Labute approximate surface area is 179 Å². The molecule has 31 heavy (non-hydrogen) atoms. The third kappa shape index (κ3) is 3.64. The second kappa shape index (κ2) is 7.90. The molecular formula is C21H25FN6O3. The average molecular weight is 428 g/mol. The molecule has 10 heteroatoms. The van der Waals surface area contributed by atoms with E-state index in [2.05, 4.69) is 15.1 Å². The standard InChI is InChI=1S/C21H25FN6O3/c1-26(12-16-5-6-31-25-16)20(30)19-14-7-13(17-3-2-4-18(29)28(17)19)10-27(11-14)21-23-8-15(22)9-24-21/h5-6,8-9,13-14,17,19H,2-4,7,10-12H2,1H3/t13-,14+,17+,19-/m1/s1. The first kappa shape index (κ1) is 19.9. The Morgan fingerprint density at radius 2 is 2.06 bits per heavy atom. The van der Waals surface area contributed by atoms with Crippen molar-refractivity contribution in [2.24, 2.45) is 11.8 Å². The lowest BCUT2D eigenvalue weighted by Crippen LogP contribution is -2.68. The average Bonchev–Trinajstić information content (AvgIpc) is 3.27. The number of nitrogens with zero attached hydrogens (tertiary/aromatic N) is 6. The lowest BCUT2D eigenvalue weighted by molar-refractivity contribution is -0.160. The van der Waals surface area contributed by atoms with Gasteiger partial charge in [0.2, 0.25) is 17.8 Å². The Balaban J connectivity index is 1.44. The summed E-state index contributed by atoms with van der Waals surface area (Å²) in [5.74, 6) is 0.153. The molecule has 0 N–H and O–H groups in total. The van der Waals surface area contributed by atoms with E-state index in [1.54, 1.807) is 18.0 Å². The topological polar surface area (TPSA) is 95.7 Å². The van der Waals surface area contributed by atoms with Crippen molar-refractivity contribution in [3.8, 4) is 0 Å². The highest BCUT2D eigenvalue weighted by Crippen LogP contribution is 2.42. The second-order valence-corrected chi connectivity index (χ2v) is 8.75. The van der Waals surface area contributed by atoms with Crippen LogP contribution >= 0.6 is 0 Å². The zero-order valence-electron chi connectivity index (χ0n) is 17.4. The van der Waals surface area contributed by atoms with Gasteiger partial charge in [0.15, 0.2) is 5.82 Å². The van der Waals surface area contributed by atoms with Crippen LogP contribution in [0, 0.1) is 17.7 Å². The number of rotatable bonds is 4. The van der Waals surface area contributed by atoms with Crippen LogP contribution in [0.3, 0.4) is 0 Å². The van der Waals surface area contributed by atoms with Crippen LogP contribution in [0.2, 0.25) is 0 Å². The van der Waals surface area contributed by atoms with Crippen LogP contribution in [0.5, 0.6) is 0 Å². The van der Waals surface area contributed by atoms with E-state index in [1.165, 1.54) is 6.26 Å². The molecule has 2 bridgehead atoms. The first-order chi connectivity index (χ1) is 15.0. The highest BCUT2D eigenvalue weighted by atomic mass is 19.1. The molecule has 2 aromatic heterocycles. The van der Waals surface area contributed by atoms with E-state index in [4.69, 9.17) is 4.52 Å². The fourth-order valence-electron chi connectivity index (χ4n) is 5.47. The zero-order valence-corrected chi connectivity index (χ0v) is 17.4. The number of piperidine rings is 3. The fourth-order valence-corrected chi connectivity index (χ4v) is 5.47. The first-order valence-electron chi connectivity index (χ1n) is 10.7. The van der Waals surface area contributed by atoms with Crippen molar-refractivity contribution in [1.82, 2.24) is 24.9 Å². The minimum atomic E-state index is -0.533. The maximum absolute atomic E-state index is 13.6. The molecular weight excluding hydrogens is 403 g/mol. The number of likely N-dealkylation sites (N-methyl/N-ethyl adjacent to an activating group) is 1. The minimum Gasteiger partial charge on any atom is -0.364 e.